The fourth-order valence-corrected chi connectivity index (χ4v) is 3.77. The van der Waals surface area contributed by atoms with Gasteiger partial charge in [0.05, 0.1) is 11.5 Å². The summed E-state index contributed by atoms with van der Waals surface area (Å²) in [5, 5.41) is 10.1. The zero-order chi connectivity index (χ0) is 17.5. The van der Waals surface area contributed by atoms with Crippen molar-refractivity contribution in [3.63, 3.8) is 0 Å². The summed E-state index contributed by atoms with van der Waals surface area (Å²) in [7, 11) is -0.874. The van der Waals surface area contributed by atoms with Crippen LogP contribution in [0.4, 0.5) is 0 Å². The maximum Gasteiger partial charge on any atom is 0.492 e. The van der Waals surface area contributed by atoms with Gasteiger partial charge in [-0.2, -0.15) is 0 Å². The normalized spacial score (nSPS) is 27.3. The van der Waals surface area contributed by atoms with E-state index in [4.69, 9.17) is 10.4 Å². The third-order valence-corrected chi connectivity index (χ3v) is 5.30. The number of nitrogens with two attached hydrogens (primary N) is 1. The molecule has 1 amide bonds. The first-order valence-electron chi connectivity index (χ1n) is 8.37. The number of benzene rings is 1. The summed E-state index contributed by atoms with van der Waals surface area (Å²) < 4.78 is 5.61. The van der Waals surface area contributed by atoms with Gasteiger partial charge in [0.25, 0.3) is 0 Å². The van der Waals surface area contributed by atoms with Crippen molar-refractivity contribution in [3.05, 3.63) is 53.6 Å². The van der Waals surface area contributed by atoms with E-state index < -0.39 is 12.7 Å². The van der Waals surface area contributed by atoms with Crippen LogP contribution in [-0.4, -0.2) is 18.0 Å². The second-order valence-electron chi connectivity index (χ2n) is 7.53. The van der Waals surface area contributed by atoms with Gasteiger partial charge in [-0.1, -0.05) is 49.4 Å². The molecule has 0 aromatic heterocycles. The number of rotatable bonds is 4. The Kier molecular flexibility index (Phi) is 4.18. The number of aryl methyl sites for hydroxylation is 1. The molecule has 126 valence electrons. The highest BCUT2D eigenvalue weighted by Crippen LogP contribution is 2.38. The van der Waals surface area contributed by atoms with Crippen molar-refractivity contribution < 1.29 is 14.5 Å². The van der Waals surface area contributed by atoms with E-state index in [-0.39, 0.29) is 17.2 Å². The predicted octanol–water partition coefficient (Wildman–Crippen LogP) is 1.81. The van der Waals surface area contributed by atoms with Crippen LogP contribution in [0.25, 0.3) is 0 Å². The Morgan fingerprint density at radius 1 is 1.33 bits per heavy atom. The molecular weight excluding hydrogens is 301 g/mol. The van der Waals surface area contributed by atoms with E-state index in [0.29, 0.717) is 0 Å². The lowest BCUT2D eigenvalue weighted by Gasteiger charge is -2.33. The van der Waals surface area contributed by atoms with Gasteiger partial charge in [0, 0.05) is 5.41 Å². The molecular formula is C19H24BNO3. The molecule has 3 rings (SSSR count). The third-order valence-electron chi connectivity index (χ3n) is 5.30. The van der Waals surface area contributed by atoms with E-state index in [0.717, 1.165) is 29.4 Å². The molecule has 0 fully saturated rings. The summed E-state index contributed by atoms with van der Waals surface area (Å²) in [6.07, 6.45) is 9.41. The highest BCUT2D eigenvalue weighted by atomic mass is 16.5. The van der Waals surface area contributed by atoms with Crippen LogP contribution in [0.5, 0.6) is 0 Å². The Balaban J connectivity index is 1.78. The van der Waals surface area contributed by atoms with Gasteiger partial charge in [0.15, 0.2) is 0 Å². The van der Waals surface area contributed by atoms with Crippen molar-refractivity contribution in [1.82, 2.24) is 0 Å². The van der Waals surface area contributed by atoms with Gasteiger partial charge >= 0.3 is 7.12 Å². The SMILES string of the molecule is CC1(C)OB(O)c2cc(CCC3(C)C=CC=CC3C(N)=O)ccc21. The van der Waals surface area contributed by atoms with Crippen LogP contribution in [0.1, 0.15) is 38.3 Å². The van der Waals surface area contributed by atoms with Crippen LogP contribution in [0.3, 0.4) is 0 Å². The van der Waals surface area contributed by atoms with Crippen LogP contribution < -0.4 is 11.2 Å². The summed E-state index contributed by atoms with van der Waals surface area (Å²) in [6, 6.07) is 6.12. The molecule has 0 saturated heterocycles. The van der Waals surface area contributed by atoms with Crippen LogP contribution in [-0.2, 0) is 21.5 Å². The topological polar surface area (TPSA) is 72.6 Å². The predicted molar refractivity (Wildman–Crippen MR) is 95.6 cm³/mol. The molecule has 1 aromatic rings. The Labute approximate surface area is 143 Å². The second-order valence-corrected chi connectivity index (χ2v) is 7.53. The largest absolute Gasteiger partial charge is 0.492 e. The van der Waals surface area contributed by atoms with Crippen LogP contribution in [0.2, 0.25) is 0 Å². The van der Waals surface area contributed by atoms with E-state index in [1.54, 1.807) is 0 Å². The van der Waals surface area contributed by atoms with Crippen molar-refractivity contribution in [2.45, 2.75) is 39.2 Å². The smallest absolute Gasteiger partial charge is 0.423 e. The summed E-state index contributed by atoms with van der Waals surface area (Å²) in [5.41, 5.74) is 7.81. The lowest BCUT2D eigenvalue weighted by Crippen LogP contribution is -2.36. The molecule has 5 heteroatoms. The number of hydrogen-bond acceptors (Lipinski definition) is 3. The van der Waals surface area contributed by atoms with Crippen molar-refractivity contribution in [2.24, 2.45) is 17.1 Å². The first kappa shape index (κ1) is 17.0. The van der Waals surface area contributed by atoms with Crippen molar-refractivity contribution in [1.29, 1.82) is 0 Å². The molecule has 1 aliphatic heterocycles. The number of hydrogen-bond donors (Lipinski definition) is 2. The maximum atomic E-state index is 11.7. The molecule has 0 radical (unpaired) electrons. The number of allylic oxidation sites excluding steroid dienone is 3. The van der Waals surface area contributed by atoms with E-state index in [9.17, 15) is 9.82 Å². The maximum absolute atomic E-state index is 11.7. The second kappa shape index (κ2) is 5.90. The number of carbonyl (C=O) groups is 1. The van der Waals surface area contributed by atoms with Crippen molar-refractivity contribution >= 4 is 18.5 Å². The van der Waals surface area contributed by atoms with Gasteiger partial charge in [0.1, 0.15) is 0 Å². The number of carbonyl (C=O) groups excluding carboxylic acids is 1. The average Bonchev–Trinajstić information content (AvgIpc) is 2.75. The summed E-state index contributed by atoms with van der Waals surface area (Å²) in [6.45, 7) is 5.98. The molecule has 4 nitrogen and oxygen atoms in total. The van der Waals surface area contributed by atoms with Crippen molar-refractivity contribution in [2.75, 3.05) is 0 Å². The van der Waals surface area contributed by atoms with Crippen molar-refractivity contribution in [3.8, 4) is 0 Å². The molecule has 1 aliphatic carbocycles. The van der Waals surface area contributed by atoms with E-state index in [1.165, 1.54) is 0 Å². The first-order chi connectivity index (χ1) is 11.2. The Hall–Kier alpha value is -1.85. The summed E-state index contributed by atoms with van der Waals surface area (Å²) >= 11 is 0. The lowest BCUT2D eigenvalue weighted by atomic mass is 9.70. The van der Waals surface area contributed by atoms with E-state index in [1.807, 2.05) is 44.2 Å². The molecule has 0 bridgehead atoms. The van der Waals surface area contributed by atoms with E-state index in [2.05, 4.69) is 19.1 Å². The lowest BCUT2D eigenvalue weighted by molar-refractivity contribution is -0.122. The fourth-order valence-electron chi connectivity index (χ4n) is 3.77. The Bertz CT molecular complexity index is 725. The van der Waals surface area contributed by atoms with Crippen LogP contribution >= 0.6 is 0 Å². The Morgan fingerprint density at radius 3 is 2.79 bits per heavy atom. The number of primary amides is 1. The molecule has 1 heterocycles. The third kappa shape index (κ3) is 2.94. The zero-order valence-corrected chi connectivity index (χ0v) is 14.5. The number of amides is 1. The number of fused-ring (bicyclic) bond motifs is 1. The summed E-state index contributed by atoms with van der Waals surface area (Å²) in [5.74, 6) is -0.581. The minimum Gasteiger partial charge on any atom is -0.423 e. The van der Waals surface area contributed by atoms with Gasteiger partial charge in [-0.3, -0.25) is 4.79 Å². The molecule has 0 spiro atoms. The highest BCUT2D eigenvalue weighted by molar-refractivity contribution is 6.62. The monoisotopic (exact) mass is 325 g/mol. The minimum absolute atomic E-state index is 0.284. The van der Waals surface area contributed by atoms with Gasteiger partial charge < -0.3 is 15.4 Å². The van der Waals surface area contributed by atoms with E-state index >= 15 is 0 Å². The van der Waals surface area contributed by atoms with Gasteiger partial charge in [0.2, 0.25) is 5.91 Å². The fraction of sp³-hybridized carbons (Fsp3) is 0.421. The van der Waals surface area contributed by atoms with Crippen LogP contribution in [0, 0.1) is 11.3 Å². The minimum atomic E-state index is -0.874. The van der Waals surface area contributed by atoms with Gasteiger partial charge in [-0.25, -0.2) is 0 Å². The molecule has 1 aromatic carbocycles. The van der Waals surface area contributed by atoms with Crippen LogP contribution in [0.15, 0.2) is 42.5 Å². The molecule has 2 aliphatic rings. The van der Waals surface area contributed by atoms with Gasteiger partial charge in [-0.15, -0.1) is 0 Å². The molecule has 0 saturated carbocycles. The quantitative estimate of drug-likeness (QED) is 0.829. The first-order valence-corrected chi connectivity index (χ1v) is 8.37. The standard InChI is InChI=1S/C19H24BNO3/c1-18(2)14-8-7-13(12-16(14)20(23)24-18)9-11-19(3)10-5-4-6-15(19)17(21)22/h4-8,10,12,15,23H,9,11H2,1-3H3,(H2,21,22). The zero-order valence-electron chi connectivity index (χ0n) is 14.5. The summed E-state index contributed by atoms with van der Waals surface area (Å²) in [4.78, 5) is 11.7. The van der Waals surface area contributed by atoms with Gasteiger partial charge in [-0.05, 0) is 43.3 Å². The molecule has 2 unspecified atom stereocenters. The molecule has 3 N–H and O–H groups in total. The highest BCUT2D eigenvalue weighted by Gasteiger charge is 2.40. The Morgan fingerprint density at radius 2 is 2.08 bits per heavy atom. The average molecular weight is 325 g/mol. The molecule has 24 heavy (non-hydrogen) atoms. The molecule has 2 atom stereocenters.